The van der Waals surface area contributed by atoms with Crippen molar-refractivity contribution in [1.82, 2.24) is 10.2 Å². The van der Waals surface area contributed by atoms with Crippen molar-refractivity contribution in [1.29, 1.82) is 0 Å². The van der Waals surface area contributed by atoms with E-state index in [0.29, 0.717) is 38.0 Å². The lowest BCUT2D eigenvalue weighted by Gasteiger charge is -2.32. The van der Waals surface area contributed by atoms with Crippen molar-refractivity contribution in [3.8, 4) is 0 Å². The lowest BCUT2D eigenvalue weighted by Crippen LogP contribution is -2.43. The van der Waals surface area contributed by atoms with Crippen LogP contribution in [0.5, 0.6) is 0 Å². The van der Waals surface area contributed by atoms with Crippen LogP contribution >= 0.6 is 0 Å². The van der Waals surface area contributed by atoms with Gasteiger partial charge < -0.3 is 15.5 Å². The van der Waals surface area contributed by atoms with Gasteiger partial charge in [-0.2, -0.15) is 0 Å². The van der Waals surface area contributed by atoms with E-state index in [2.05, 4.69) is 10.6 Å². The van der Waals surface area contributed by atoms with Gasteiger partial charge in [-0.3, -0.25) is 9.59 Å². The lowest BCUT2D eigenvalue weighted by molar-refractivity contribution is -0.134. The number of piperidine rings is 1. The highest BCUT2D eigenvalue weighted by Gasteiger charge is 2.28. The quantitative estimate of drug-likeness (QED) is 0.890. The summed E-state index contributed by atoms with van der Waals surface area (Å²) in [6, 6.07) is 3.50. The van der Waals surface area contributed by atoms with Crippen molar-refractivity contribution in [2.24, 2.45) is 5.92 Å². The van der Waals surface area contributed by atoms with E-state index < -0.39 is 0 Å². The van der Waals surface area contributed by atoms with Gasteiger partial charge in [0, 0.05) is 26.1 Å². The Balaban J connectivity index is 1.69. The number of hydrogen-bond acceptors (Lipinski definition) is 3. The van der Waals surface area contributed by atoms with E-state index in [4.69, 9.17) is 0 Å². The Bertz CT molecular complexity index is 647. The standard InChI is InChI=1S/C18H24FN3O2/c1-2-16(23)22-9-3-4-13(11-22)18(24)21-15-6-5-12-10-20-8-7-14(12)17(15)19/h5-6,13,20H,2-4,7-11H2,1H3,(H,21,24). The Morgan fingerprint density at radius 1 is 1.42 bits per heavy atom. The Hall–Kier alpha value is -1.95. The van der Waals surface area contributed by atoms with Crippen LogP contribution in [-0.2, 0) is 22.6 Å². The molecule has 24 heavy (non-hydrogen) atoms. The second-order valence-corrected chi connectivity index (χ2v) is 6.51. The molecule has 6 heteroatoms. The van der Waals surface area contributed by atoms with Crippen molar-refractivity contribution in [2.75, 3.05) is 25.0 Å². The van der Waals surface area contributed by atoms with Crippen molar-refractivity contribution >= 4 is 17.5 Å². The molecule has 2 amide bonds. The number of carbonyl (C=O) groups excluding carboxylic acids is 2. The first-order chi connectivity index (χ1) is 11.6. The van der Waals surface area contributed by atoms with Gasteiger partial charge in [-0.1, -0.05) is 13.0 Å². The van der Waals surface area contributed by atoms with E-state index in [1.54, 1.807) is 11.0 Å². The SMILES string of the molecule is CCC(=O)N1CCCC(C(=O)Nc2ccc3c(c2F)CCNC3)C1. The Kier molecular flexibility index (Phi) is 5.14. The first kappa shape index (κ1) is 16.9. The van der Waals surface area contributed by atoms with E-state index in [1.807, 2.05) is 13.0 Å². The number of halogens is 1. The topological polar surface area (TPSA) is 61.4 Å². The number of fused-ring (bicyclic) bond motifs is 1. The highest BCUT2D eigenvalue weighted by Crippen LogP contribution is 2.26. The van der Waals surface area contributed by atoms with Crippen LogP contribution in [0.1, 0.15) is 37.3 Å². The maximum Gasteiger partial charge on any atom is 0.229 e. The second kappa shape index (κ2) is 7.30. The molecule has 0 saturated carbocycles. The Labute approximate surface area is 141 Å². The highest BCUT2D eigenvalue weighted by molar-refractivity contribution is 5.93. The fraction of sp³-hybridized carbons (Fsp3) is 0.556. The van der Waals surface area contributed by atoms with Gasteiger partial charge in [-0.15, -0.1) is 0 Å². The molecule has 5 nitrogen and oxygen atoms in total. The summed E-state index contributed by atoms with van der Waals surface area (Å²) in [6.45, 7) is 4.37. The minimum Gasteiger partial charge on any atom is -0.342 e. The van der Waals surface area contributed by atoms with Gasteiger partial charge in [-0.05, 0) is 43.0 Å². The molecule has 0 spiro atoms. The van der Waals surface area contributed by atoms with E-state index >= 15 is 0 Å². The molecule has 1 saturated heterocycles. The molecule has 1 unspecified atom stereocenters. The van der Waals surface area contributed by atoms with Crippen LogP contribution < -0.4 is 10.6 Å². The first-order valence-corrected chi connectivity index (χ1v) is 8.69. The summed E-state index contributed by atoms with van der Waals surface area (Å²) in [5, 5.41) is 5.94. The van der Waals surface area contributed by atoms with Crippen molar-refractivity contribution in [2.45, 2.75) is 39.2 Å². The molecule has 1 fully saturated rings. The maximum atomic E-state index is 14.6. The fourth-order valence-electron chi connectivity index (χ4n) is 3.51. The predicted octanol–water partition coefficient (Wildman–Crippen LogP) is 2.06. The molecular formula is C18H24FN3O2. The van der Waals surface area contributed by atoms with Gasteiger partial charge in [0.05, 0.1) is 11.6 Å². The summed E-state index contributed by atoms with van der Waals surface area (Å²) in [4.78, 5) is 26.1. The molecule has 1 atom stereocenters. The molecule has 0 aliphatic carbocycles. The summed E-state index contributed by atoms with van der Waals surface area (Å²) in [6.07, 6.45) is 2.62. The third kappa shape index (κ3) is 3.43. The van der Waals surface area contributed by atoms with Crippen LogP contribution in [0.4, 0.5) is 10.1 Å². The number of amides is 2. The number of hydrogen-bond donors (Lipinski definition) is 2. The molecule has 1 aromatic carbocycles. The molecule has 0 bridgehead atoms. The molecule has 2 aliphatic rings. The first-order valence-electron chi connectivity index (χ1n) is 8.69. The number of nitrogens with zero attached hydrogens (tertiary/aromatic N) is 1. The predicted molar refractivity (Wildman–Crippen MR) is 90.0 cm³/mol. The van der Waals surface area contributed by atoms with Gasteiger partial charge >= 0.3 is 0 Å². The third-order valence-electron chi connectivity index (χ3n) is 4.91. The summed E-state index contributed by atoms with van der Waals surface area (Å²) in [5.74, 6) is -0.720. The van der Waals surface area contributed by atoms with Crippen LogP contribution in [0.25, 0.3) is 0 Å². The van der Waals surface area contributed by atoms with Crippen LogP contribution in [-0.4, -0.2) is 36.3 Å². The monoisotopic (exact) mass is 333 g/mol. The largest absolute Gasteiger partial charge is 0.342 e. The van der Waals surface area contributed by atoms with Crippen LogP contribution in [0.2, 0.25) is 0 Å². The molecule has 2 aliphatic heterocycles. The number of anilines is 1. The zero-order chi connectivity index (χ0) is 17.1. The molecule has 130 valence electrons. The van der Waals surface area contributed by atoms with E-state index in [0.717, 1.165) is 24.9 Å². The third-order valence-corrected chi connectivity index (χ3v) is 4.91. The highest BCUT2D eigenvalue weighted by atomic mass is 19.1. The van der Waals surface area contributed by atoms with Crippen molar-refractivity contribution in [3.05, 3.63) is 29.1 Å². The number of rotatable bonds is 3. The van der Waals surface area contributed by atoms with Crippen LogP contribution in [0, 0.1) is 11.7 Å². The Morgan fingerprint density at radius 3 is 3.04 bits per heavy atom. The van der Waals surface area contributed by atoms with Crippen LogP contribution in [0.3, 0.4) is 0 Å². The molecular weight excluding hydrogens is 309 g/mol. The average molecular weight is 333 g/mol. The second-order valence-electron chi connectivity index (χ2n) is 6.51. The molecule has 0 aromatic heterocycles. The normalized spacial score (nSPS) is 20.4. The molecule has 0 radical (unpaired) electrons. The Morgan fingerprint density at radius 2 is 2.25 bits per heavy atom. The molecule has 1 aromatic rings. The molecule has 3 rings (SSSR count). The van der Waals surface area contributed by atoms with E-state index in [-0.39, 0.29) is 29.2 Å². The van der Waals surface area contributed by atoms with Gasteiger partial charge in [0.1, 0.15) is 5.82 Å². The lowest BCUT2D eigenvalue weighted by atomic mass is 9.96. The zero-order valence-electron chi connectivity index (χ0n) is 14.0. The molecule has 2 N–H and O–H groups in total. The maximum absolute atomic E-state index is 14.6. The summed E-state index contributed by atoms with van der Waals surface area (Å²) in [7, 11) is 0. The number of nitrogens with one attached hydrogen (secondary N) is 2. The minimum atomic E-state index is -0.320. The smallest absolute Gasteiger partial charge is 0.229 e. The summed E-state index contributed by atoms with van der Waals surface area (Å²) >= 11 is 0. The number of benzene rings is 1. The summed E-state index contributed by atoms with van der Waals surface area (Å²) < 4.78 is 14.6. The fourth-order valence-corrected chi connectivity index (χ4v) is 3.51. The number of carbonyl (C=O) groups is 2. The van der Waals surface area contributed by atoms with E-state index in [1.165, 1.54) is 0 Å². The zero-order valence-corrected chi connectivity index (χ0v) is 14.0. The van der Waals surface area contributed by atoms with Gasteiger partial charge in [0.25, 0.3) is 0 Å². The van der Waals surface area contributed by atoms with Gasteiger partial charge in [-0.25, -0.2) is 4.39 Å². The van der Waals surface area contributed by atoms with Crippen molar-refractivity contribution < 1.29 is 14.0 Å². The number of likely N-dealkylation sites (tertiary alicyclic amines) is 1. The average Bonchev–Trinajstić information content (AvgIpc) is 2.63. The van der Waals surface area contributed by atoms with Crippen LogP contribution in [0.15, 0.2) is 12.1 Å². The summed E-state index contributed by atoms with van der Waals surface area (Å²) in [5.41, 5.74) is 1.90. The van der Waals surface area contributed by atoms with Gasteiger partial charge in [0.15, 0.2) is 0 Å². The van der Waals surface area contributed by atoms with Crippen molar-refractivity contribution in [3.63, 3.8) is 0 Å². The van der Waals surface area contributed by atoms with E-state index in [9.17, 15) is 14.0 Å². The molecule has 2 heterocycles. The minimum absolute atomic E-state index is 0.0694. The van der Waals surface area contributed by atoms with Gasteiger partial charge in [0.2, 0.25) is 11.8 Å².